The molecule has 5 rings (SSSR count). The van der Waals surface area contributed by atoms with Crippen molar-refractivity contribution in [3.8, 4) is 11.3 Å². The predicted molar refractivity (Wildman–Crippen MR) is 124 cm³/mol. The van der Waals surface area contributed by atoms with Crippen LogP contribution in [-0.2, 0) is 11.2 Å². The Kier molecular flexibility index (Phi) is 5.49. The molecule has 1 aromatic heterocycles. The number of carbonyl (C=O) groups excluding carboxylic acids is 2. The van der Waals surface area contributed by atoms with Crippen molar-refractivity contribution in [1.29, 1.82) is 0 Å². The van der Waals surface area contributed by atoms with Crippen molar-refractivity contribution >= 4 is 40.7 Å². The van der Waals surface area contributed by atoms with E-state index in [1.807, 2.05) is 35.2 Å². The number of piperidine rings is 1. The van der Waals surface area contributed by atoms with Crippen molar-refractivity contribution < 1.29 is 9.59 Å². The van der Waals surface area contributed by atoms with E-state index in [9.17, 15) is 9.59 Å². The highest BCUT2D eigenvalue weighted by molar-refractivity contribution is 6.31. The van der Waals surface area contributed by atoms with Crippen LogP contribution in [0.1, 0.15) is 35.2 Å². The van der Waals surface area contributed by atoms with E-state index in [2.05, 4.69) is 20.6 Å². The first-order valence-electron chi connectivity index (χ1n) is 10.7. The van der Waals surface area contributed by atoms with Crippen molar-refractivity contribution in [3.05, 3.63) is 64.8 Å². The van der Waals surface area contributed by atoms with Crippen molar-refractivity contribution in [2.45, 2.75) is 25.7 Å². The molecule has 0 spiro atoms. The molecular formula is C24H22ClN5O2. The highest BCUT2D eigenvalue weighted by Crippen LogP contribution is 2.34. The summed E-state index contributed by atoms with van der Waals surface area (Å²) in [5.41, 5.74) is 4.31. The molecule has 1 saturated heterocycles. The fourth-order valence-electron chi connectivity index (χ4n) is 4.13. The van der Waals surface area contributed by atoms with E-state index < -0.39 is 0 Å². The number of anilines is 3. The van der Waals surface area contributed by atoms with E-state index in [4.69, 9.17) is 11.6 Å². The Hall–Kier alpha value is -3.45. The normalized spacial score (nSPS) is 15.3. The van der Waals surface area contributed by atoms with E-state index >= 15 is 0 Å². The first-order chi connectivity index (χ1) is 15.6. The number of halogens is 1. The standard InChI is InChI=1S/C24H22ClN5O2/c25-17-6-9-19-20(13-17)28-21(31)12-16-14-26-24(29-22(16)19)27-18-7-4-15(5-8-18)23(32)30-10-2-1-3-11-30/h4-9,13-14H,1-3,10-12H2,(H,28,31)(H,26,27,29). The molecule has 7 nitrogen and oxygen atoms in total. The molecule has 32 heavy (non-hydrogen) atoms. The molecule has 0 atom stereocenters. The quantitative estimate of drug-likeness (QED) is 0.609. The lowest BCUT2D eigenvalue weighted by Crippen LogP contribution is -2.35. The molecule has 2 N–H and O–H groups in total. The average molecular weight is 448 g/mol. The molecule has 1 fully saturated rings. The van der Waals surface area contributed by atoms with Crippen molar-refractivity contribution in [3.63, 3.8) is 0 Å². The van der Waals surface area contributed by atoms with Crippen LogP contribution in [0.5, 0.6) is 0 Å². The van der Waals surface area contributed by atoms with Crippen molar-refractivity contribution in [2.75, 3.05) is 23.7 Å². The zero-order valence-electron chi connectivity index (χ0n) is 17.4. The number of carbonyl (C=O) groups is 2. The summed E-state index contributed by atoms with van der Waals surface area (Å²) in [6.07, 6.45) is 5.18. The lowest BCUT2D eigenvalue weighted by molar-refractivity contribution is -0.115. The Morgan fingerprint density at radius 3 is 2.62 bits per heavy atom. The summed E-state index contributed by atoms with van der Waals surface area (Å²) in [5, 5.41) is 6.61. The maximum Gasteiger partial charge on any atom is 0.253 e. The second-order valence-electron chi connectivity index (χ2n) is 8.04. The largest absolute Gasteiger partial charge is 0.339 e. The third-order valence-corrected chi connectivity index (χ3v) is 5.99. The summed E-state index contributed by atoms with van der Waals surface area (Å²) in [7, 11) is 0. The van der Waals surface area contributed by atoms with Gasteiger partial charge < -0.3 is 15.5 Å². The number of amides is 2. The summed E-state index contributed by atoms with van der Waals surface area (Å²) in [4.78, 5) is 35.9. The molecule has 3 aromatic rings. The van der Waals surface area contributed by atoms with Crippen LogP contribution in [0.2, 0.25) is 5.02 Å². The van der Waals surface area contributed by atoms with E-state index in [-0.39, 0.29) is 18.2 Å². The Morgan fingerprint density at radius 2 is 1.84 bits per heavy atom. The number of fused-ring (bicyclic) bond motifs is 3. The zero-order valence-corrected chi connectivity index (χ0v) is 18.2. The molecule has 8 heteroatoms. The fraction of sp³-hybridized carbons (Fsp3) is 0.250. The monoisotopic (exact) mass is 447 g/mol. The molecular weight excluding hydrogens is 426 g/mol. The molecule has 2 aromatic carbocycles. The van der Waals surface area contributed by atoms with Crippen LogP contribution in [0.15, 0.2) is 48.7 Å². The minimum absolute atomic E-state index is 0.0740. The minimum Gasteiger partial charge on any atom is -0.339 e. The first-order valence-corrected chi connectivity index (χ1v) is 11.1. The van der Waals surface area contributed by atoms with Gasteiger partial charge in [0.1, 0.15) is 0 Å². The topological polar surface area (TPSA) is 87.2 Å². The van der Waals surface area contributed by atoms with Gasteiger partial charge in [0.05, 0.1) is 17.8 Å². The van der Waals surface area contributed by atoms with Gasteiger partial charge in [-0.15, -0.1) is 0 Å². The van der Waals surface area contributed by atoms with Crippen LogP contribution >= 0.6 is 11.6 Å². The molecule has 0 saturated carbocycles. The molecule has 0 unspecified atom stereocenters. The van der Waals surface area contributed by atoms with Crippen LogP contribution in [0.25, 0.3) is 11.3 Å². The van der Waals surface area contributed by atoms with Gasteiger partial charge in [-0.2, -0.15) is 0 Å². The number of aromatic nitrogens is 2. The second kappa shape index (κ2) is 8.59. The maximum absolute atomic E-state index is 12.7. The molecule has 2 aliphatic heterocycles. The van der Waals surface area contributed by atoms with Gasteiger partial charge in [-0.05, 0) is 61.7 Å². The van der Waals surface area contributed by atoms with Gasteiger partial charge in [0.15, 0.2) is 0 Å². The molecule has 2 amide bonds. The number of nitrogens with one attached hydrogen (secondary N) is 2. The minimum atomic E-state index is -0.134. The van der Waals surface area contributed by atoms with Crippen LogP contribution in [-0.4, -0.2) is 39.8 Å². The Labute approximate surface area is 190 Å². The van der Waals surface area contributed by atoms with Gasteiger partial charge in [-0.3, -0.25) is 9.59 Å². The maximum atomic E-state index is 12.7. The lowest BCUT2D eigenvalue weighted by atomic mass is 10.1. The molecule has 0 bridgehead atoms. The summed E-state index contributed by atoms with van der Waals surface area (Å²) in [6.45, 7) is 1.65. The van der Waals surface area contributed by atoms with E-state index in [1.165, 1.54) is 6.42 Å². The fourth-order valence-corrected chi connectivity index (χ4v) is 4.30. The van der Waals surface area contributed by atoms with Gasteiger partial charge in [0.2, 0.25) is 11.9 Å². The smallest absolute Gasteiger partial charge is 0.253 e. The summed E-state index contributed by atoms with van der Waals surface area (Å²) >= 11 is 6.10. The molecule has 2 aliphatic rings. The second-order valence-corrected chi connectivity index (χ2v) is 8.47. The van der Waals surface area contributed by atoms with Gasteiger partial charge in [0.25, 0.3) is 5.91 Å². The van der Waals surface area contributed by atoms with Crippen LogP contribution < -0.4 is 10.6 Å². The number of hydrogen-bond donors (Lipinski definition) is 2. The molecule has 0 aliphatic carbocycles. The number of likely N-dealkylation sites (tertiary alicyclic amines) is 1. The predicted octanol–water partition coefficient (Wildman–Crippen LogP) is 4.66. The third kappa shape index (κ3) is 4.16. The Bertz CT molecular complexity index is 1190. The Morgan fingerprint density at radius 1 is 1.06 bits per heavy atom. The highest BCUT2D eigenvalue weighted by atomic mass is 35.5. The molecule has 3 heterocycles. The number of nitrogens with zero attached hydrogens (tertiary/aromatic N) is 3. The number of rotatable bonds is 3. The first kappa shape index (κ1) is 20.5. The van der Waals surface area contributed by atoms with Crippen LogP contribution in [0.4, 0.5) is 17.3 Å². The summed E-state index contributed by atoms with van der Waals surface area (Å²) in [6, 6.07) is 12.7. The van der Waals surface area contributed by atoms with Crippen molar-refractivity contribution in [1.82, 2.24) is 14.9 Å². The lowest BCUT2D eigenvalue weighted by Gasteiger charge is -2.26. The SMILES string of the molecule is O=C1Cc2cnc(Nc3ccc(C(=O)N4CCCCC4)cc3)nc2-c2ccc(Cl)cc2N1. The number of hydrogen-bond acceptors (Lipinski definition) is 5. The summed E-state index contributed by atoms with van der Waals surface area (Å²) in [5.74, 6) is 0.351. The van der Waals surface area contributed by atoms with Crippen LogP contribution in [0.3, 0.4) is 0 Å². The number of benzene rings is 2. The third-order valence-electron chi connectivity index (χ3n) is 5.76. The average Bonchev–Trinajstić information content (AvgIpc) is 2.94. The van der Waals surface area contributed by atoms with Crippen molar-refractivity contribution in [2.24, 2.45) is 0 Å². The van der Waals surface area contributed by atoms with E-state index in [0.29, 0.717) is 27.9 Å². The van der Waals surface area contributed by atoms with Gasteiger partial charge >= 0.3 is 0 Å². The van der Waals surface area contributed by atoms with Crippen LogP contribution in [0, 0.1) is 0 Å². The van der Waals surface area contributed by atoms with Gasteiger partial charge in [0, 0.05) is 46.7 Å². The van der Waals surface area contributed by atoms with Gasteiger partial charge in [-0.25, -0.2) is 9.97 Å². The summed E-state index contributed by atoms with van der Waals surface area (Å²) < 4.78 is 0. The Balaban J connectivity index is 1.38. The molecule has 0 radical (unpaired) electrons. The van der Waals surface area contributed by atoms with E-state index in [1.54, 1.807) is 18.3 Å². The molecule has 162 valence electrons. The van der Waals surface area contributed by atoms with E-state index in [0.717, 1.165) is 42.7 Å². The van der Waals surface area contributed by atoms with Gasteiger partial charge in [-0.1, -0.05) is 11.6 Å². The highest BCUT2D eigenvalue weighted by Gasteiger charge is 2.22. The zero-order chi connectivity index (χ0) is 22.1.